The topological polar surface area (TPSA) is 51.2 Å². The molecule has 3 aromatic heterocycles. The highest BCUT2D eigenvalue weighted by Crippen LogP contribution is 2.28. The lowest BCUT2D eigenvalue weighted by molar-refractivity contribution is 0.326. The lowest BCUT2D eigenvalue weighted by Crippen LogP contribution is -2.20. The molecule has 1 fully saturated rings. The third-order valence-electron chi connectivity index (χ3n) is 4.92. The quantitative estimate of drug-likeness (QED) is 0.742. The maximum absolute atomic E-state index is 4.70. The number of nitrogens with zero attached hydrogens (tertiary/aromatic N) is 6. The zero-order chi connectivity index (χ0) is 16.8. The van der Waals surface area contributed by atoms with Crippen molar-refractivity contribution in [2.75, 3.05) is 13.1 Å². The lowest BCUT2D eigenvalue weighted by atomic mass is 10.1. The number of hydrogen-bond acceptors (Lipinski definition) is 4. The number of hydrogen-bond donors (Lipinski definition) is 0. The molecule has 1 aliphatic heterocycles. The fraction of sp³-hybridized carbons (Fsp3) is 0.500. The van der Waals surface area contributed by atoms with Gasteiger partial charge in [0, 0.05) is 49.2 Å². The maximum Gasteiger partial charge on any atom is 0.159 e. The van der Waals surface area contributed by atoms with Gasteiger partial charge in [-0.2, -0.15) is 5.10 Å². The SMILES string of the molecule is Cc1cn(C)c(C2CCN(Cc3cnn4c(C)cc(C)nc34)C2)n1. The van der Waals surface area contributed by atoms with Gasteiger partial charge < -0.3 is 4.57 Å². The molecule has 0 aliphatic carbocycles. The van der Waals surface area contributed by atoms with Crippen LogP contribution in [0.2, 0.25) is 0 Å². The third-order valence-corrected chi connectivity index (χ3v) is 4.92. The number of likely N-dealkylation sites (tertiary alicyclic amines) is 1. The Morgan fingerprint density at radius 3 is 2.75 bits per heavy atom. The van der Waals surface area contributed by atoms with Crippen molar-refractivity contribution in [3.8, 4) is 0 Å². The first-order valence-corrected chi connectivity index (χ1v) is 8.54. The molecule has 6 nitrogen and oxygen atoms in total. The summed E-state index contributed by atoms with van der Waals surface area (Å²) in [5, 5.41) is 4.51. The van der Waals surface area contributed by atoms with Gasteiger partial charge in [0.25, 0.3) is 0 Å². The standard InChI is InChI=1S/C18H24N6/c1-12-7-14(3)24-18(20-12)16(8-19-24)11-23-6-5-15(10-23)17-21-13(2)9-22(17)4/h7-9,15H,5-6,10-11H2,1-4H3. The van der Waals surface area contributed by atoms with Gasteiger partial charge in [0.15, 0.2) is 5.65 Å². The van der Waals surface area contributed by atoms with Gasteiger partial charge in [0.1, 0.15) is 5.82 Å². The van der Waals surface area contributed by atoms with Crippen molar-refractivity contribution in [2.45, 2.75) is 39.7 Å². The second kappa shape index (κ2) is 5.70. The van der Waals surface area contributed by atoms with Gasteiger partial charge in [-0.3, -0.25) is 4.90 Å². The minimum Gasteiger partial charge on any atom is -0.337 e. The van der Waals surface area contributed by atoms with Crippen molar-refractivity contribution < 1.29 is 0 Å². The van der Waals surface area contributed by atoms with Crippen molar-refractivity contribution in [2.24, 2.45) is 7.05 Å². The third kappa shape index (κ3) is 2.60. The first kappa shape index (κ1) is 15.3. The van der Waals surface area contributed by atoms with E-state index in [-0.39, 0.29) is 0 Å². The predicted octanol–water partition coefficient (Wildman–Crippen LogP) is 2.38. The van der Waals surface area contributed by atoms with Gasteiger partial charge in [-0.1, -0.05) is 0 Å². The van der Waals surface area contributed by atoms with Crippen molar-refractivity contribution in [1.82, 2.24) is 29.0 Å². The lowest BCUT2D eigenvalue weighted by Gasteiger charge is -2.15. The summed E-state index contributed by atoms with van der Waals surface area (Å²) in [6.07, 6.45) is 5.24. The molecule has 0 bridgehead atoms. The van der Waals surface area contributed by atoms with Gasteiger partial charge in [-0.15, -0.1) is 0 Å². The summed E-state index contributed by atoms with van der Waals surface area (Å²) in [5.41, 5.74) is 5.47. The van der Waals surface area contributed by atoms with E-state index in [2.05, 4.69) is 47.7 Å². The monoisotopic (exact) mass is 324 g/mol. The van der Waals surface area contributed by atoms with Crippen molar-refractivity contribution in [3.05, 3.63) is 46.9 Å². The van der Waals surface area contributed by atoms with Crippen LogP contribution in [0.3, 0.4) is 0 Å². The molecule has 1 saturated heterocycles. The average Bonchev–Trinajstić information content (AvgIpc) is 3.20. The van der Waals surface area contributed by atoms with E-state index in [1.54, 1.807) is 0 Å². The fourth-order valence-corrected chi connectivity index (χ4v) is 3.87. The summed E-state index contributed by atoms with van der Waals surface area (Å²) < 4.78 is 4.12. The number of aromatic nitrogens is 5. The molecule has 0 spiro atoms. The molecule has 1 aliphatic rings. The fourth-order valence-electron chi connectivity index (χ4n) is 3.87. The Bertz CT molecular complexity index is 890. The zero-order valence-corrected chi connectivity index (χ0v) is 14.8. The van der Waals surface area contributed by atoms with E-state index in [0.29, 0.717) is 5.92 Å². The van der Waals surface area contributed by atoms with Gasteiger partial charge in [0.2, 0.25) is 0 Å². The number of imidazole rings is 1. The Morgan fingerprint density at radius 2 is 2.00 bits per heavy atom. The molecule has 24 heavy (non-hydrogen) atoms. The smallest absolute Gasteiger partial charge is 0.159 e. The summed E-state index contributed by atoms with van der Waals surface area (Å²) in [7, 11) is 2.10. The molecule has 0 aromatic carbocycles. The molecule has 3 aromatic rings. The highest BCUT2D eigenvalue weighted by molar-refractivity contribution is 5.47. The Labute approximate surface area is 142 Å². The zero-order valence-electron chi connectivity index (χ0n) is 14.8. The molecule has 0 saturated carbocycles. The number of aryl methyl sites for hydroxylation is 4. The molecule has 4 heterocycles. The van der Waals surface area contributed by atoms with Crippen LogP contribution in [-0.2, 0) is 13.6 Å². The summed E-state index contributed by atoms with van der Waals surface area (Å²) in [5.74, 6) is 1.72. The largest absolute Gasteiger partial charge is 0.337 e. The minimum atomic E-state index is 0.516. The van der Waals surface area contributed by atoms with E-state index in [1.807, 2.05) is 17.6 Å². The first-order valence-electron chi connectivity index (χ1n) is 8.54. The normalized spacial score (nSPS) is 18.8. The van der Waals surface area contributed by atoms with Gasteiger partial charge in [-0.25, -0.2) is 14.5 Å². The van der Waals surface area contributed by atoms with E-state index < -0.39 is 0 Å². The molecule has 4 rings (SSSR count). The number of rotatable bonds is 3. The Kier molecular flexibility index (Phi) is 3.64. The van der Waals surface area contributed by atoms with Crippen LogP contribution in [0.5, 0.6) is 0 Å². The Morgan fingerprint density at radius 1 is 1.17 bits per heavy atom. The molecule has 1 unspecified atom stereocenters. The van der Waals surface area contributed by atoms with Crippen LogP contribution in [0, 0.1) is 20.8 Å². The minimum absolute atomic E-state index is 0.516. The van der Waals surface area contributed by atoms with Crippen LogP contribution in [0.1, 0.15) is 40.8 Å². The highest BCUT2D eigenvalue weighted by Gasteiger charge is 2.27. The van der Waals surface area contributed by atoms with E-state index in [9.17, 15) is 0 Å². The van der Waals surface area contributed by atoms with Crippen molar-refractivity contribution in [3.63, 3.8) is 0 Å². The van der Waals surface area contributed by atoms with E-state index in [1.165, 1.54) is 11.4 Å². The van der Waals surface area contributed by atoms with E-state index in [0.717, 1.165) is 48.8 Å². The van der Waals surface area contributed by atoms with E-state index in [4.69, 9.17) is 9.97 Å². The van der Waals surface area contributed by atoms with Gasteiger partial charge in [-0.05, 0) is 39.8 Å². The molecular formula is C18H24N6. The Hall–Kier alpha value is -2.21. The van der Waals surface area contributed by atoms with Crippen molar-refractivity contribution >= 4 is 5.65 Å². The van der Waals surface area contributed by atoms with Crippen LogP contribution >= 0.6 is 0 Å². The van der Waals surface area contributed by atoms with Gasteiger partial charge in [0.05, 0.1) is 11.9 Å². The molecule has 1 atom stereocenters. The van der Waals surface area contributed by atoms with Gasteiger partial charge >= 0.3 is 0 Å². The average molecular weight is 324 g/mol. The first-order chi connectivity index (χ1) is 11.5. The predicted molar refractivity (Wildman–Crippen MR) is 93.0 cm³/mol. The molecule has 0 N–H and O–H groups in total. The van der Waals surface area contributed by atoms with Crippen LogP contribution in [0.15, 0.2) is 18.5 Å². The molecule has 0 radical (unpaired) electrons. The number of fused-ring (bicyclic) bond motifs is 1. The van der Waals surface area contributed by atoms with Crippen LogP contribution < -0.4 is 0 Å². The molecule has 126 valence electrons. The summed E-state index contributed by atoms with van der Waals surface area (Å²) in [6.45, 7) is 9.23. The highest BCUT2D eigenvalue weighted by atomic mass is 15.3. The second-order valence-electron chi connectivity index (χ2n) is 7.02. The molecular weight excluding hydrogens is 300 g/mol. The van der Waals surface area contributed by atoms with E-state index >= 15 is 0 Å². The molecule has 0 amide bonds. The second-order valence-corrected chi connectivity index (χ2v) is 7.02. The maximum atomic E-state index is 4.70. The molecule has 6 heteroatoms. The summed E-state index contributed by atoms with van der Waals surface area (Å²) >= 11 is 0. The van der Waals surface area contributed by atoms with Crippen LogP contribution in [0.25, 0.3) is 5.65 Å². The summed E-state index contributed by atoms with van der Waals surface area (Å²) in [6, 6.07) is 2.07. The Balaban J connectivity index is 1.54. The van der Waals surface area contributed by atoms with Crippen molar-refractivity contribution in [1.29, 1.82) is 0 Å². The van der Waals surface area contributed by atoms with Crippen LogP contribution in [0.4, 0.5) is 0 Å². The van der Waals surface area contributed by atoms with Crippen LogP contribution in [-0.4, -0.2) is 42.1 Å². The summed E-state index contributed by atoms with van der Waals surface area (Å²) in [4.78, 5) is 11.9.